The van der Waals surface area contributed by atoms with Gasteiger partial charge in [-0.2, -0.15) is 0 Å². The molecule has 3 rings (SSSR count). The number of aromatic carboxylic acids is 1. The van der Waals surface area contributed by atoms with E-state index in [1.807, 2.05) is 18.2 Å². The van der Waals surface area contributed by atoms with E-state index in [4.69, 9.17) is 5.11 Å². The van der Waals surface area contributed by atoms with Crippen LogP contribution in [-0.4, -0.2) is 36.6 Å². The zero-order valence-electron chi connectivity index (χ0n) is 14.8. The SMILES string of the molecule is O=C(Cc1ccccc1N1CCCC1)NCCc1ccc(C(=O)O)cc1. The third-order valence-electron chi connectivity index (χ3n) is 4.73. The Kier molecular flexibility index (Phi) is 5.89. The van der Waals surface area contributed by atoms with E-state index >= 15 is 0 Å². The topological polar surface area (TPSA) is 69.6 Å². The molecule has 1 saturated heterocycles. The fourth-order valence-corrected chi connectivity index (χ4v) is 3.32. The summed E-state index contributed by atoms with van der Waals surface area (Å²) in [7, 11) is 0. The van der Waals surface area contributed by atoms with Gasteiger partial charge in [0.2, 0.25) is 5.91 Å². The summed E-state index contributed by atoms with van der Waals surface area (Å²) >= 11 is 0. The summed E-state index contributed by atoms with van der Waals surface area (Å²) < 4.78 is 0. The first-order valence-electron chi connectivity index (χ1n) is 9.05. The zero-order valence-corrected chi connectivity index (χ0v) is 14.8. The van der Waals surface area contributed by atoms with Gasteiger partial charge in [-0.3, -0.25) is 4.79 Å². The second kappa shape index (κ2) is 8.52. The van der Waals surface area contributed by atoms with Gasteiger partial charge in [-0.05, 0) is 48.6 Å². The summed E-state index contributed by atoms with van der Waals surface area (Å²) in [6, 6.07) is 14.9. The molecular weight excluding hydrogens is 328 g/mol. The first kappa shape index (κ1) is 18.0. The molecule has 0 bridgehead atoms. The van der Waals surface area contributed by atoms with Crippen molar-refractivity contribution in [3.05, 3.63) is 65.2 Å². The van der Waals surface area contributed by atoms with Crippen LogP contribution in [0, 0.1) is 0 Å². The number of benzene rings is 2. The maximum absolute atomic E-state index is 12.3. The fraction of sp³-hybridized carbons (Fsp3) is 0.333. The van der Waals surface area contributed by atoms with Crippen molar-refractivity contribution in [2.75, 3.05) is 24.5 Å². The molecule has 1 aliphatic rings. The van der Waals surface area contributed by atoms with E-state index in [1.54, 1.807) is 24.3 Å². The van der Waals surface area contributed by atoms with Crippen LogP contribution in [0.2, 0.25) is 0 Å². The molecule has 0 aliphatic carbocycles. The fourth-order valence-electron chi connectivity index (χ4n) is 3.32. The van der Waals surface area contributed by atoms with Gasteiger partial charge in [0.05, 0.1) is 12.0 Å². The van der Waals surface area contributed by atoms with Crippen LogP contribution in [0.3, 0.4) is 0 Å². The van der Waals surface area contributed by atoms with E-state index in [2.05, 4.69) is 16.3 Å². The quantitative estimate of drug-likeness (QED) is 0.804. The van der Waals surface area contributed by atoms with Crippen molar-refractivity contribution in [1.82, 2.24) is 5.32 Å². The number of nitrogens with one attached hydrogen (secondary N) is 1. The normalized spacial score (nSPS) is 13.6. The Morgan fingerprint density at radius 3 is 2.38 bits per heavy atom. The minimum Gasteiger partial charge on any atom is -0.478 e. The Morgan fingerprint density at radius 2 is 1.69 bits per heavy atom. The maximum atomic E-state index is 12.3. The number of amides is 1. The molecular formula is C21H24N2O3. The van der Waals surface area contributed by atoms with E-state index in [0.717, 1.165) is 24.2 Å². The lowest BCUT2D eigenvalue weighted by Gasteiger charge is -2.21. The van der Waals surface area contributed by atoms with E-state index in [1.165, 1.54) is 18.5 Å². The number of anilines is 1. The maximum Gasteiger partial charge on any atom is 0.335 e. The van der Waals surface area contributed by atoms with Gasteiger partial charge in [-0.1, -0.05) is 30.3 Å². The molecule has 2 aromatic rings. The van der Waals surface area contributed by atoms with Crippen LogP contribution in [0.15, 0.2) is 48.5 Å². The molecule has 136 valence electrons. The monoisotopic (exact) mass is 352 g/mol. The number of carbonyl (C=O) groups excluding carboxylic acids is 1. The van der Waals surface area contributed by atoms with Crippen LogP contribution in [-0.2, 0) is 17.6 Å². The van der Waals surface area contributed by atoms with Gasteiger partial charge < -0.3 is 15.3 Å². The van der Waals surface area contributed by atoms with Gasteiger partial charge in [0.15, 0.2) is 0 Å². The number of rotatable bonds is 7. The molecule has 0 saturated carbocycles. The third-order valence-corrected chi connectivity index (χ3v) is 4.73. The predicted molar refractivity (Wildman–Crippen MR) is 102 cm³/mol. The average Bonchev–Trinajstić information content (AvgIpc) is 3.17. The lowest BCUT2D eigenvalue weighted by molar-refractivity contribution is -0.120. The molecule has 1 amide bonds. The standard InChI is InChI=1S/C21H24N2O3/c24-20(22-12-11-16-7-9-17(10-8-16)21(25)26)15-18-5-1-2-6-19(18)23-13-3-4-14-23/h1-2,5-10H,3-4,11-15H2,(H,22,24)(H,25,26). The molecule has 1 aliphatic heterocycles. The van der Waals surface area contributed by atoms with Crippen molar-refractivity contribution in [3.8, 4) is 0 Å². The summed E-state index contributed by atoms with van der Waals surface area (Å²) in [5.74, 6) is -0.916. The smallest absolute Gasteiger partial charge is 0.335 e. The van der Waals surface area contributed by atoms with Crippen LogP contribution in [0.4, 0.5) is 5.69 Å². The number of hydrogen-bond donors (Lipinski definition) is 2. The average molecular weight is 352 g/mol. The van der Waals surface area contributed by atoms with Gasteiger partial charge in [0.25, 0.3) is 0 Å². The van der Waals surface area contributed by atoms with Crippen molar-refractivity contribution in [2.24, 2.45) is 0 Å². The Labute approximate surface area is 153 Å². The minimum absolute atomic E-state index is 0.0128. The highest BCUT2D eigenvalue weighted by atomic mass is 16.4. The Morgan fingerprint density at radius 1 is 1.00 bits per heavy atom. The molecule has 1 fully saturated rings. The molecule has 0 aromatic heterocycles. The lowest BCUT2D eigenvalue weighted by Crippen LogP contribution is -2.28. The van der Waals surface area contributed by atoms with E-state index in [-0.39, 0.29) is 11.5 Å². The molecule has 0 unspecified atom stereocenters. The van der Waals surface area contributed by atoms with Crippen LogP contribution >= 0.6 is 0 Å². The molecule has 2 N–H and O–H groups in total. The molecule has 0 radical (unpaired) electrons. The number of nitrogens with zero attached hydrogens (tertiary/aromatic N) is 1. The van der Waals surface area contributed by atoms with Gasteiger partial charge in [-0.25, -0.2) is 4.79 Å². The second-order valence-corrected chi connectivity index (χ2v) is 6.60. The van der Waals surface area contributed by atoms with Gasteiger partial charge in [0, 0.05) is 25.3 Å². The Hall–Kier alpha value is -2.82. The van der Waals surface area contributed by atoms with Crippen molar-refractivity contribution in [2.45, 2.75) is 25.7 Å². The van der Waals surface area contributed by atoms with Crippen molar-refractivity contribution in [1.29, 1.82) is 0 Å². The van der Waals surface area contributed by atoms with Crippen molar-refractivity contribution < 1.29 is 14.7 Å². The minimum atomic E-state index is -0.929. The number of hydrogen-bond acceptors (Lipinski definition) is 3. The van der Waals surface area contributed by atoms with E-state index in [9.17, 15) is 9.59 Å². The number of para-hydroxylation sites is 1. The van der Waals surface area contributed by atoms with Gasteiger partial charge >= 0.3 is 5.97 Å². The molecule has 5 nitrogen and oxygen atoms in total. The molecule has 2 aromatic carbocycles. The highest BCUT2D eigenvalue weighted by Gasteiger charge is 2.16. The Balaban J connectivity index is 1.51. The highest BCUT2D eigenvalue weighted by molar-refractivity contribution is 5.87. The Bertz CT molecular complexity index is 765. The molecule has 5 heteroatoms. The molecule has 1 heterocycles. The first-order chi connectivity index (χ1) is 12.6. The van der Waals surface area contributed by atoms with Crippen molar-refractivity contribution >= 4 is 17.6 Å². The number of carbonyl (C=O) groups is 2. The summed E-state index contributed by atoms with van der Waals surface area (Å²) in [4.78, 5) is 25.5. The third kappa shape index (κ3) is 4.63. The predicted octanol–water partition coefficient (Wildman–Crippen LogP) is 2.89. The van der Waals surface area contributed by atoms with Crippen LogP contribution < -0.4 is 10.2 Å². The summed E-state index contributed by atoms with van der Waals surface area (Å²) in [6.45, 7) is 2.66. The van der Waals surface area contributed by atoms with Gasteiger partial charge in [-0.15, -0.1) is 0 Å². The highest BCUT2D eigenvalue weighted by Crippen LogP contribution is 2.24. The van der Waals surface area contributed by atoms with Crippen molar-refractivity contribution in [3.63, 3.8) is 0 Å². The first-order valence-corrected chi connectivity index (χ1v) is 9.05. The summed E-state index contributed by atoms with van der Waals surface area (Å²) in [5.41, 5.74) is 3.52. The van der Waals surface area contributed by atoms with Crippen LogP contribution in [0.5, 0.6) is 0 Å². The number of carboxylic acids is 1. The number of carboxylic acid groups (broad SMARTS) is 1. The summed E-state index contributed by atoms with van der Waals surface area (Å²) in [6.07, 6.45) is 3.48. The van der Waals surface area contributed by atoms with E-state index < -0.39 is 5.97 Å². The van der Waals surface area contributed by atoms with E-state index in [0.29, 0.717) is 19.4 Å². The zero-order chi connectivity index (χ0) is 18.4. The van der Waals surface area contributed by atoms with Gasteiger partial charge in [0.1, 0.15) is 0 Å². The molecule has 0 spiro atoms. The molecule has 0 atom stereocenters. The summed E-state index contributed by atoms with van der Waals surface area (Å²) in [5, 5.41) is 11.9. The molecule has 26 heavy (non-hydrogen) atoms. The second-order valence-electron chi connectivity index (χ2n) is 6.60. The van der Waals surface area contributed by atoms with Crippen LogP contribution in [0.1, 0.15) is 34.3 Å². The van der Waals surface area contributed by atoms with Crippen LogP contribution in [0.25, 0.3) is 0 Å². The largest absolute Gasteiger partial charge is 0.478 e. The lowest BCUT2D eigenvalue weighted by atomic mass is 10.1.